The summed E-state index contributed by atoms with van der Waals surface area (Å²) in [5.74, 6) is 0.903. The van der Waals surface area contributed by atoms with Gasteiger partial charge in [-0.3, -0.25) is 9.59 Å². The summed E-state index contributed by atoms with van der Waals surface area (Å²) in [4.78, 5) is 24.1. The van der Waals surface area contributed by atoms with E-state index in [0.29, 0.717) is 41.7 Å². The van der Waals surface area contributed by atoms with E-state index >= 15 is 0 Å². The number of nitrogens with zero attached hydrogens (tertiary/aromatic N) is 2. The maximum Gasteiger partial charge on any atom is 0.266 e. The Balaban J connectivity index is 1.76. The van der Waals surface area contributed by atoms with Crippen molar-refractivity contribution in [2.24, 2.45) is 7.05 Å². The maximum absolute atomic E-state index is 12.6. The van der Waals surface area contributed by atoms with Gasteiger partial charge in [0.2, 0.25) is 0 Å². The Labute approximate surface area is 168 Å². The molecule has 3 aromatic rings. The van der Waals surface area contributed by atoms with Gasteiger partial charge in [-0.15, -0.1) is 0 Å². The second-order valence-electron chi connectivity index (χ2n) is 6.24. The molecule has 0 radical (unpaired) electrons. The van der Waals surface area contributed by atoms with Gasteiger partial charge >= 0.3 is 0 Å². The number of nitrogens with one attached hydrogen (secondary N) is 1. The molecule has 0 saturated heterocycles. The van der Waals surface area contributed by atoms with Crippen molar-refractivity contribution in [3.63, 3.8) is 0 Å². The minimum absolute atomic E-state index is 0.167. The van der Waals surface area contributed by atoms with Gasteiger partial charge in [-0.1, -0.05) is 12.1 Å². The van der Waals surface area contributed by atoms with Crippen molar-refractivity contribution < 1.29 is 14.3 Å². The number of rotatable bonds is 7. The number of carbonyl (C=O) groups is 1. The van der Waals surface area contributed by atoms with Crippen LogP contribution in [0.4, 0.5) is 5.69 Å². The van der Waals surface area contributed by atoms with Crippen LogP contribution >= 0.6 is 0 Å². The van der Waals surface area contributed by atoms with Crippen molar-refractivity contribution in [3.8, 4) is 22.8 Å². The number of hydrogen-bond donors (Lipinski definition) is 1. The first-order valence-corrected chi connectivity index (χ1v) is 9.37. The summed E-state index contributed by atoms with van der Waals surface area (Å²) < 4.78 is 12.4. The monoisotopic (exact) mass is 393 g/mol. The van der Waals surface area contributed by atoms with E-state index in [1.165, 1.54) is 10.7 Å². The van der Waals surface area contributed by atoms with Crippen LogP contribution in [0.25, 0.3) is 11.3 Å². The van der Waals surface area contributed by atoms with Crippen LogP contribution in [0.2, 0.25) is 0 Å². The Bertz CT molecular complexity index is 1060. The molecule has 0 atom stereocenters. The molecule has 7 nitrogen and oxygen atoms in total. The predicted molar refractivity (Wildman–Crippen MR) is 112 cm³/mol. The summed E-state index contributed by atoms with van der Waals surface area (Å²) >= 11 is 0. The van der Waals surface area contributed by atoms with Gasteiger partial charge in [0.15, 0.2) is 11.5 Å². The van der Waals surface area contributed by atoms with Crippen LogP contribution in [0.15, 0.2) is 59.4 Å². The first kappa shape index (κ1) is 20.1. The smallest absolute Gasteiger partial charge is 0.266 e. The summed E-state index contributed by atoms with van der Waals surface area (Å²) in [7, 11) is 1.60. The molecule has 0 spiro atoms. The molecule has 150 valence electrons. The second-order valence-corrected chi connectivity index (χ2v) is 6.24. The average molecular weight is 393 g/mol. The molecule has 3 rings (SSSR count). The predicted octanol–water partition coefficient (Wildman–Crippen LogP) is 3.50. The number of carbonyl (C=O) groups excluding carboxylic acids is 1. The molecule has 0 aliphatic rings. The van der Waals surface area contributed by atoms with Crippen molar-refractivity contribution >= 4 is 11.6 Å². The van der Waals surface area contributed by atoms with Crippen LogP contribution in [0.3, 0.4) is 0 Å². The van der Waals surface area contributed by atoms with Crippen molar-refractivity contribution in [2.45, 2.75) is 13.8 Å². The normalized spacial score (nSPS) is 10.4. The van der Waals surface area contributed by atoms with Crippen LogP contribution in [-0.4, -0.2) is 28.9 Å². The van der Waals surface area contributed by atoms with E-state index in [1.54, 1.807) is 43.4 Å². The summed E-state index contributed by atoms with van der Waals surface area (Å²) in [6, 6.07) is 15.5. The SMILES string of the molecule is CCOc1ccc(C(=O)Nc2ccc(-c3ccc(=O)n(C)n3)cc2)cc1OCC. The summed E-state index contributed by atoms with van der Waals surface area (Å²) in [6.07, 6.45) is 0. The van der Waals surface area contributed by atoms with Crippen molar-refractivity contribution in [1.29, 1.82) is 0 Å². The van der Waals surface area contributed by atoms with Gasteiger partial charge in [0, 0.05) is 29.9 Å². The van der Waals surface area contributed by atoms with Crippen molar-refractivity contribution in [2.75, 3.05) is 18.5 Å². The van der Waals surface area contributed by atoms with Crippen molar-refractivity contribution in [1.82, 2.24) is 9.78 Å². The Morgan fingerprint density at radius 3 is 2.31 bits per heavy atom. The zero-order chi connectivity index (χ0) is 20.8. The molecule has 7 heteroatoms. The van der Waals surface area contributed by atoms with E-state index in [1.807, 2.05) is 26.0 Å². The maximum atomic E-state index is 12.6. The largest absolute Gasteiger partial charge is 0.490 e. The minimum atomic E-state index is -0.248. The highest BCUT2D eigenvalue weighted by atomic mass is 16.5. The second kappa shape index (κ2) is 9.05. The zero-order valence-corrected chi connectivity index (χ0v) is 16.6. The molecule has 1 heterocycles. The highest BCUT2D eigenvalue weighted by Crippen LogP contribution is 2.29. The van der Waals surface area contributed by atoms with Gasteiger partial charge in [-0.05, 0) is 50.2 Å². The number of ether oxygens (including phenoxy) is 2. The molecule has 0 bridgehead atoms. The Morgan fingerprint density at radius 2 is 1.66 bits per heavy atom. The summed E-state index contributed by atoms with van der Waals surface area (Å²) in [6.45, 7) is 4.77. The van der Waals surface area contributed by atoms with Gasteiger partial charge in [0.25, 0.3) is 11.5 Å². The number of anilines is 1. The fraction of sp³-hybridized carbons (Fsp3) is 0.227. The topological polar surface area (TPSA) is 82.5 Å². The first-order valence-electron chi connectivity index (χ1n) is 9.37. The van der Waals surface area contributed by atoms with E-state index in [4.69, 9.17) is 9.47 Å². The molecule has 0 aliphatic carbocycles. The van der Waals surface area contributed by atoms with Gasteiger partial charge in [-0.2, -0.15) is 5.10 Å². The quantitative estimate of drug-likeness (QED) is 0.664. The van der Waals surface area contributed by atoms with Crippen LogP contribution in [0.5, 0.6) is 11.5 Å². The van der Waals surface area contributed by atoms with Crippen LogP contribution < -0.4 is 20.3 Å². The van der Waals surface area contributed by atoms with Gasteiger partial charge < -0.3 is 14.8 Å². The fourth-order valence-electron chi connectivity index (χ4n) is 2.78. The van der Waals surface area contributed by atoms with E-state index in [0.717, 1.165) is 5.56 Å². The molecule has 1 aromatic heterocycles. The zero-order valence-electron chi connectivity index (χ0n) is 16.6. The van der Waals surface area contributed by atoms with Gasteiger partial charge in [0.1, 0.15) is 0 Å². The molecule has 29 heavy (non-hydrogen) atoms. The van der Waals surface area contributed by atoms with E-state index in [-0.39, 0.29) is 11.5 Å². The molecule has 1 amide bonds. The highest BCUT2D eigenvalue weighted by molar-refractivity contribution is 6.04. The lowest BCUT2D eigenvalue weighted by molar-refractivity contribution is 0.102. The summed E-state index contributed by atoms with van der Waals surface area (Å²) in [5, 5.41) is 7.09. The lowest BCUT2D eigenvalue weighted by Gasteiger charge is -2.12. The number of aryl methyl sites for hydroxylation is 1. The van der Waals surface area contributed by atoms with E-state index < -0.39 is 0 Å². The Morgan fingerprint density at radius 1 is 0.966 bits per heavy atom. The minimum Gasteiger partial charge on any atom is -0.490 e. The molecular weight excluding hydrogens is 370 g/mol. The highest BCUT2D eigenvalue weighted by Gasteiger charge is 2.12. The van der Waals surface area contributed by atoms with E-state index in [2.05, 4.69) is 10.4 Å². The third-order valence-corrected chi connectivity index (χ3v) is 4.20. The number of aromatic nitrogens is 2. The first-order chi connectivity index (χ1) is 14.0. The van der Waals surface area contributed by atoms with Crippen molar-refractivity contribution in [3.05, 3.63) is 70.5 Å². The van der Waals surface area contributed by atoms with Gasteiger partial charge in [-0.25, -0.2) is 4.68 Å². The van der Waals surface area contributed by atoms with Crippen LogP contribution in [-0.2, 0) is 7.05 Å². The molecule has 1 N–H and O–H groups in total. The Kier molecular flexibility index (Phi) is 6.29. The molecule has 0 aliphatic heterocycles. The van der Waals surface area contributed by atoms with Crippen LogP contribution in [0.1, 0.15) is 24.2 Å². The van der Waals surface area contributed by atoms with Gasteiger partial charge in [0.05, 0.1) is 18.9 Å². The number of amides is 1. The lowest BCUT2D eigenvalue weighted by atomic mass is 10.1. The number of benzene rings is 2. The van der Waals surface area contributed by atoms with E-state index in [9.17, 15) is 9.59 Å². The summed E-state index contributed by atoms with van der Waals surface area (Å²) in [5.41, 5.74) is 2.48. The standard InChI is InChI=1S/C22H23N3O4/c1-4-28-19-12-8-16(14-20(19)29-5-2)22(27)23-17-9-6-15(7-10-17)18-11-13-21(26)25(3)24-18/h6-14H,4-5H2,1-3H3,(H,23,27). The third-order valence-electron chi connectivity index (χ3n) is 4.20. The average Bonchev–Trinajstić information content (AvgIpc) is 2.72. The fourth-order valence-corrected chi connectivity index (χ4v) is 2.78. The molecule has 2 aromatic carbocycles. The van der Waals surface area contributed by atoms with Crippen LogP contribution in [0, 0.1) is 0 Å². The lowest BCUT2D eigenvalue weighted by Crippen LogP contribution is -2.18. The Hall–Kier alpha value is -3.61. The third kappa shape index (κ3) is 4.82. The molecule has 0 fully saturated rings. The molecule has 0 unspecified atom stereocenters. The molecule has 0 saturated carbocycles. The number of hydrogen-bond acceptors (Lipinski definition) is 5. The molecular formula is C22H23N3O4.